The number of nitrogens with zero attached hydrogens (tertiary/aromatic N) is 1. The Bertz CT molecular complexity index is 1280. The average Bonchev–Trinajstić information content (AvgIpc) is 3.24. The summed E-state index contributed by atoms with van der Waals surface area (Å²) in [6.07, 6.45) is 61.7. The van der Waals surface area contributed by atoms with Gasteiger partial charge in [-0.3, -0.25) is 9.36 Å². The molecule has 0 aromatic heterocycles. The quantitative estimate of drug-likeness (QED) is 0.0197. The van der Waals surface area contributed by atoms with Gasteiger partial charge in [0.25, 0.3) is 7.82 Å². The number of rotatable bonds is 46. The predicted octanol–water partition coefficient (Wildman–Crippen LogP) is 15.0. The highest BCUT2D eigenvalue weighted by Gasteiger charge is 2.20. The molecule has 0 saturated heterocycles. The minimum absolute atomic E-state index is 0.0162. The first kappa shape index (κ1) is 60.7. The van der Waals surface area contributed by atoms with Crippen LogP contribution in [0.3, 0.4) is 0 Å². The summed E-state index contributed by atoms with van der Waals surface area (Å²) in [4.78, 5) is 25.2. The van der Waals surface area contributed by atoms with Crippen LogP contribution < -0.4 is 4.89 Å². The van der Waals surface area contributed by atoms with Gasteiger partial charge in [-0.05, 0) is 89.9 Å². The summed E-state index contributed by atoms with van der Waals surface area (Å²) in [6.45, 7) is 5.24. The van der Waals surface area contributed by atoms with Gasteiger partial charge >= 0.3 is 5.97 Å². The summed E-state index contributed by atoms with van der Waals surface area (Å²) in [5.74, 6) is -0.354. The van der Waals surface area contributed by atoms with Gasteiger partial charge in [-0.1, -0.05) is 182 Å². The third kappa shape index (κ3) is 50.5. The fourth-order valence-corrected chi connectivity index (χ4v) is 7.27. The molecule has 0 aromatic rings. The van der Waals surface area contributed by atoms with E-state index in [4.69, 9.17) is 18.5 Å². The fraction of sp³-hybridized carbons (Fsp3) is 0.722. The Kier molecular flexibility index (Phi) is 44.5. The number of ether oxygens (including phenoxy) is 2. The maximum absolute atomic E-state index is 12.7. The van der Waals surface area contributed by atoms with Crippen LogP contribution in [0.4, 0.5) is 0 Å². The van der Waals surface area contributed by atoms with Crippen molar-refractivity contribution >= 4 is 13.8 Å². The van der Waals surface area contributed by atoms with Gasteiger partial charge in [-0.25, -0.2) is 0 Å². The fourth-order valence-electron chi connectivity index (χ4n) is 6.54. The standard InChI is InChI=1S/C54H96NO7P/c1-6-8-10-12-14-16-18-20-22-24-26-27-28-30-32-34-36-38-40-42-44-46-49-59-51-53(52-61-63(57,58)60-50-48-55(3,4)5)62-54(56)47-45-43-41-39-37-35-33-31-29-25-23-21-19-17-15-13-11-9-7-2/h9,11,15,17-18,20-21,23-24,26,28-31,53H,6-8,10,12-14,16,19,22,25,27,32-52H2,1-5H3/b11-9-,17-15-,20-18-,23-21-,26-24-,30-28-,31-29-. The monoisotopic (exact) mass is 902 g/mol. The molecule has 2 atom stereocenters. The smallest absolute Gasteiger partial charge is 0.306 e. The van der Waals surface area contributed by atoms with Crippen LogP contribution in [0.25, 0.3) is 0 Å². The Labute approximate surface area is 388 Å². The molecule has 0 heterocycles. The summed E-state index contributed by atoms with van der Waals surface area (Å²) in [6, 6.07) is 0. The van der Waals surface area contributed by atoms with Crippen molar-refractivity contribution in [3.8, 4) is 0 Å². The van der Waals surface area contributed by atoms with Crippen LogP contribution in [0.5, 0.6) is 0 Å². The minimum Gasteiger partial charge on any atom is -0.756 e. The van der Waals surface area contributed by atoms with Gasteiger partial charge in [-0.2, -0.15) is 0 Å². The first-order valence-corrected chi connectivity index (χ1v) is 26.8. The SMILES string of the molecule is CC/C=C\C/C=C\C/C=C\C/C=C\CCCCCCCCC(=O)OC(COCCCCCCCCC/C=C\C/C=C\C/C=C\CCCCCCC)COP(=O)([O-])OCC[N+](C)(C)C. The minimum atomic E-state index is -4.54. The van der Waals surface area contributed by atoms with E-state index >= 15 is 0 Å². The lowest BCUT2D eigenvalue weighted by molar-refractivity contribution is -0.870. The number of hydrogen-bond donors (Lipinski definition) is 0. The molecule has 0 amide bonds. The Balaban J connectivity index is 4.23. The first-order valence-electron chi connectivity index (χ1n) is 25.3. The topological polar surface area (TPSA) is 94.1 Å². The Hall–Kier alpha value is -2.32. The van der Waals surface area contributed by atoms with Crippen LogP contribution in [-0.4, -0.2) is 70.7 Å². The highest BCUT2D eigenvalue weighted by atomic mass is 31.2. The molecule has 0 radical (unpaired) electrons. The molecule has 0 bridgehead atoms. The maximum atomic E-state index is 12.7. The van der Waals surface area contributed by atoms with Gasteiger partial charge in [-0.15, -0.1) is 0 Å². The number of phosphoric ester groups is 1. The number of likely N-dealkylation sites (N-methyl/N-ethyl adjacent to an activating group) is 1. The van der Waals surface area contributed by atoms with Crippen molar-refractivity contribution in [1.29, 1.82) is 0 Å². The summed E-state index contributed by atoms with van der Waals surface area (Å²) in [7, 11) is 1.33. The zero-order chi connectivity index (χ0) is 46.2. The molecule has 9 heteroatoms. The van der Waals surface area contributed by atoms with E-state index < -0.39 is 13.9 Å². The van der Waals surface area contributed by atoms with E-state index in [-0.39, 0.29) is 25.8 Å². The normalized spacial score (nSPS) is 14.3. The van der Waals surface area contributed by atoms with Crippen molar-refractivity contribution in [2.24, 2.45) is 0 Å². The lowest BCUT2D eigenvalue weighted by Crippen LogP contribution is -2.37. The number of esters is 1. The molecular weight excluding hydrogens is 806 g/mol. The van der Waals surface area contributed by atoms with E-state index in [1.807, 2.05) is 21.1 Å². The van der Waals surface area contributed by atoms with Gasteiger partial charge in [0, 0.05) is 13.0 Å². The molecule has 0 spiro atoms. The molecule has 0 N–H and O–H groups in total. The molecule has 0 aliphatic carbocycles. The summed E-state index contributed by atoms with van der Waals surface area (Å²) < 4.78 is 34.7. The molecule has 8 nitrogen and oxygen atoms in total. The third-order valence-corrected chi connectivity index (χ3v) is 11.4. The lowest BCUT2D eigenvalue weighted by Gasteiger charge is -2.28. The third-order valence-electron chi connectivity index (χ3n) is 10.4. The highest BCUT2D eigenvalue weighted by Crippen LogP contribution is 2.38. The van der Waals surface area contributed by atoms with Gasteiger partial charge < -0.3 is 27.9 Å². The number of unbranched alkanes of at least 4 members (excludes halogenated alkanes) is 18. The number of hydrogen-bond acceptors (Lipinski definition) is 7. The molecule has 0 saturated carbocycles. The zero-order valence-electron chi connectivity index (χ0n) is 41.2. The van der Waals surface area contributed by atoms with Gasteiger partial charge in [0.15, 0.2) is 0 Å². The summed E-state index contributed by atoms with van der Waals surface area (Å²) >= 11 is 0. The van der Waals surface area contributed by atoms with E-state index in [0.717, 1.165) is 96.3 Å². The van der Waals surface area contributed by atoms with Crippen LogP contribution in [-0.2, 0) is 27.9 Å². The number of phosphoric acid groups is 1. The van der Waals surface area contributed by atoms with Gasteiger partial charge in [0.2, 0.25) is 0 Å². The van der Waals surface area contributed by atoms with E-state index in [2.05, 4.69) is 98.9 Å². The Morgan fingerprint density at radius 2 is 0.921 bits per heavy atom. The lowest BCUT2D eigenvalue weighted by atomic mass is 10.1. The van der Waals surface area contributed by atoms with Crippen molar-refractivity contribution in [3.63, 3.8) is 0 Å². The van der Waals surface area contributed by atoms with Crippen molar-refractivity contribution < 1.29 is 37.3 Å². The second-order valence-electron chi connectivity index (χ2n) is 17.8. The molecule has 0 aliphatic heterocycles. The number of carbonyl (C=O) groups is 1. The first-order chi connectivity index (χ1) is 30.6. The molecule has 0 aliphatic rings. The van der Waals surface area contributed by atoms with E-state index in [1.54, 1.807) is 0 Å². The maximum Gasteiger partial charge on any atom is 0.306 e. The average molecular weight is 902 g/mol. The van der Waals surface area contributed by atoms with E-state index in [9.17, 15) is 14.3 Å². The largest absolute Gasteiger partial charge is 0.756 e. The van der Waals surface area contributed by atoms with E-state index in [1.165, 1.54) is 77.0 Å². The molecular formula is C54H96NO7P. The van der Waals surface area contributed by atoms with Gasteiger partial charge in [0.05, 0.1) is 34.4 Å². The molecule has 0 aromatic carbocycles. The Morgan fingerprint density at radius 1 is 0.508 bits per heavy atom. The van der Waals surface area contributed by atoms with Crippen LogP contribution in [0.2, 0.25) is 0 Å². The molecule has 2 unspecified atom stereocenters. The highest BCUT2D eigenvalue weighted by molar-refractivity contribution is 7.45. The van der Waals surface area contributed by atoms with Crippen LogP contribution in [0.1, 0.15) is 194 Å². The zero-order valence-corrected chi connectivity index (χ0v) is 42.1. The van der Waals surface area contributed by atoms with Crippen molar-refractivity contribution in [2.75, 3.05) is 54.1 Å². The second kappa shape index (κ2) is 46.2. The Morgan fingerprint density at radius 3 is 1.38 bits per heavy atom. The van der Waals surface area contributed by atoms with Crippen molar-refractivity contribution in [2.45, 2.75) is 200 Å². The van der Waals surface area contributed by atoms with Crippen molar-refractivity contribution in [1.82, 2.24) is 0 Å². The van der Waals surface area contributed by atoms with Crippen LogP contribution >= 0.6 is 7.82 Å². The van der Waals surface area contributed by atoms with Crippen LogP contribution in [0, 0.1) is 0 Å². The van der Waals surface area contributed by atoms with Crippen molar-refractivity contribution in [3.05, 3.63) is 85.1 Å². The van der Waals surface area contributed by atoms with Gasteiger partial charge in [0.1, 0.15) is 19.3 Å². The van der Waals surface area contributed by atoms with E-state index in [0.29, 0.717) is 24.1 Å². The summed E-state index contributed by atoms with van der Waals surface area (Å²) in [5, 5.41) is 0. The number of carbonyl (C=O) groups excluding carboxylic acids is 1. The second-order valence-corrected chi connectivity index (χ2v) is 19.2. The molecule has 63 heavy (non-hydrogen) atoms. The number of allylic oxidation sites excluding steroid dienone is 14. The predicted molar refractivity (Wildman–Crippen MR) is 268 cm³/mol. The molecule has 0 rings (SSSR count). The number of quaternary nitrogens is 1. The summed E-state index contributed by atoms with van der Waals surface area (Å²) in [5.41, 5.74) is 0. The molecule has 364 valence electrons. The van der Waals surface area contributed by atoms with Crippen LogP contribution in [0.15, 0.2) is 85.1 Å². The molecule has 0 fully saturated rings.